The van der Waals surface area contributed by atoms with Crippen LogP contribution in [-0.4, -0.2) is 29.1 Å². The molecule has 0 spiro atoms. The highest BCUT2D eigenvalue weighted by Crippen LogP contribution is 2.27. The van der Waals surface area contributed by atoms with E-state index >= 15 is 0 Å². The predicted molar refractivity (Wildman–Crippen MR) is 101 cm³/mol. The summed E-state index contributed by atoms with van der Waals surface area (Å²) >= 11 is 0. The smallest absolute Gasteiger partial charge is 0.251 e. The van der Waals surface area contributed by atoms with E-state index in [4.69, 9.17) is 0 Å². The zero-order valence-electron chi connectivity index (χ0n) is 14.5. The highest BCUT2D eigenvalue weighted by atomic mass is 32.2. The summed E-state index contributed by atoms with van der Waals surface area (Å²) in [5.74, 6) is -0.655. The number of amides is 2. The molecule has 27 heavy (non-hydrogen) atoms. The van der Waals surface area contributed by atoms with E-state index in [1.165, 1.54) is 37.1 Å². The van der Waals surface area contributed by atoms with Crippen LogP contribution in [0.3, 0.4) is 0 Å². The van der Waals surface area contributed by atoms with Crippen molar-refractivity contribution in [3.05, 3.63) is 59.9 Å². The molecule has 6 nitrogen and oxygen atoms in total. The first-order valence-electron chi connectivity index (χ1n) is 8.60. The molecule has 2 aromatic carbocycles. The fraction of sp³-hybridized carbons (Fsp3) is 0.263. The predicted octanol–water partition coefficient (Wildman–Crippen LogP) is 2.22. The molecule has 1 saturated carbocycles. The van der Waals surface area contributed by atoms with Gasteiger partial charge in [-0.25, -0.2) is 13.3 Å². The van der Waals surface area contributed by atoms with E-state index in [2.05, 4.69) is 15.4 Å². The van der Waals surface area contributed by atoms with E-state index in [0.717, 1.165) is 6.54 Å². The quantitative estimate of drug-likeness (QED) is 0.647. The third kappa shape index (κ3) is 5.97. The van der Waals surface area contributed by atoms with E-state index < -0.39 is 28.6 Å². The minimum atomic E-state index is -1.26. The third-order valence-electron chi connectivity index (χ3n) is 4.07. The first-order chi connectivity index (χ1) is 13.0. The molecule has 3 N–H and O–H groups in total. The van der Waals surface area contributed by atoms with Gasteiger partial charge in [0.25, 0.3) is 5.91 Å². The lowest BCUT2D eigenvalue weighted by Gasteiger charge is -2.08. The molecule has 0 aliphatic heterocycles. The molecule has 0 radical (unpaired) electrons. The van der Waals surface area contributed by atoms with Crippen LogP contribution >= 0.6 is 0 Å². The molecule has 2 amide bonds. The second kappa shape index (κ2) is 8.88. The lowest BCUT2D eigenvalue weighted by Crippen LogP contribution is -2.32. The zero-order chi connectivity index (χ0) is 19.2. The van der Waals surface area contributed by atoms with Gasteiger partial charge in [0.1, 0.15) is 16.8 Å². The molecule has 1 unspecified atom stereocenters. The Bertz CT molecular complexity index is 836. The first-order valence-corrected chi connectivity index (χ1v) is 9.75. The fourth-order valence-corrected chi connectivity index (χ4v) is 3.27. The maximum Gasteiger partial charge on any atom is 0.251 e. The second-order valence-electron chi connectivity index (χ2n) is 6.32. The number of hydrogen-bond donors (Lipinski definition) is 3. The van der Waals surface area contributed by atoms with Crippen molar-refractivity contribution in [3.8, 4) is 0 Å². The van der Waals surface area contributed by atoms with Crippen molar-refractivity contribution >= 4 is 28.5 Å². The Balaban J connectivity index is 1.45. The molecule has 0 heterocycles. The van der Waals surface area contributed by atoms with Gasteiger partial charge < -0.3 is 10.6 Å². The van der Waals surface area contributed by atoms with Crippen molar-refractivity contribution in [1.82, 2.24) is 10.0 Å². The van der Waals surface area contributed by atoms with E-state index in [1.807, 2.05) is 0 Å². The lowest BCUT2D eigenvalue weighted by molar-refractivity contribution is -0.115. The largest absolute Gasteiger partial charge is 0.343 e. The van der Waals surface area contributed by atoms with Gasteiger partial charge in [-0.2, -0.15) is 0 Å². The summed E-state index contributed by atoms with van der Waals surface area (Å²) in [5.41, 5.74) is 0.814. The first kappa shape index (κ1) is 19.2. The van der Waals surface area contributed by atoms with Crippen molar-refractivity contribution in [2.24, 2.45) is 5.92 Å². The van der Waals surface area contributed by atoms with Crippen LogP contribution in [0.25, 0.3) is 0 Å². The Morgan fingerprint density at radius 1 is 1.04 bits per heavy atom. The topological polar surface area (TPSA) is 87.3 Å². The van der Waals surface area contributed by atoms with E-state index in [0.29, 0.717) is 16.5 Å². The summed E-state index contributed by atoms with van der Waals surface area (Å²) in [7, 11) is -1.26. The van der Waals surface area contributed by atoms with Crippen molar-refractivity contribution < 1.29 is 18.2 Å². The van der Waals surface area contributed by atoms with Gasteiger partial charge in [0.05, 0.1) is 11.4 Å². The van der Waals surface area contributed by atoms with Crippen molar-refractivity contribution in [2.45, 2.75) is 17.7 Å². The molecule has 1 atom stereocenters. The normalized spacial score (nSPS) is 14.4. The van der Waals surface area contributed by atoms with Gasteiger partial charge in [0.2, 0.25) is 5.91 Å². The van der Waals surface area contributed by atoms with Gasteiger partial charge in [-0.3, -0.25) is 9.59 Å². The summed E-state index contributed by atoms with van der Waals surface area (Å²) in [6, 6.07) is 11.7. The highest BCUT2D eigenvalue weighted by Gasteiger charge is 2.21. The summed E-state index contributed by atoms with van der Waals surface area (Å²) in [4.78, 5) is 24.5. The van der Waals surface area contributed by atoms with Crippen molar-refractivity contribution in [2.75, 3.05) is 18.4 Å². The van der Waals surface area contributed by atoms with Crippen LogP contribution in [0.4, 0.5) is 10.1 Å². The Labute approximate surface area is 159 Å². The van der Waals surface area contributed by atoms with Crippen LogP contribution in [0.1, 0.15) is 23.2 Å². The zero-order valence-corrected chi connectivity index (χ0v) is 15.4. The summed E-state index contributed by atoms with van der Waals surface area (Å²) < 4.78 is 27.9. The van der Waals surface area contributed by atoms with Gasteiger partial charge in [0.15, 0.2) is 0 Å². The number of carbonyl (C=O) groups excluding carboxylic acids is 2. The van der Waals surface area contributed by atoms with Crippen LogP contribution < -0.4 is 15.4 Å². The number of anilines is 1. The number of benzene rings is 2. The molecular formula is C19H20FN3O3S. The summed E-state index contributed by atoms with van der Waals surface area (Å²) in [6.07, 6.45) is 2.37. The number of hydrogen-bond acceptors (Lipinski definition) is 3. The summed E-state index contributed by atoms with van der Waals surface area (Å²) in [6.45, 7) is 0.533. The molecular weight excluding hydrogens is 369 g/mol. The molecule has 1 fully saturated rings. The van der Waals surface area contributed by atoms with Crippen LogP contribution in [0.15, 0.2) is 53.4 Å². The van der Waals surface area contributed by atoms with E-state index in [1.54, 1.807) is 24.3 Å². The lowest BCUT2D eigenvalue weighted by atomic mass is 10.2. The fourth-order valence-electron chi connectivity index (χ4n) is 2.33. The average Bonchev–Trinajstić information content (AvgIpc) is 3.50. The van der Waals surface area contributed by atoms with E-state index in [9.17, 15) is 18.2 Å². The Hall–Kier alpha value is -2.58. The molecule has 0 aromatic heterocycles. The van der Waals surface area contributed by atoms with Crippen molar-refractivity contribution in [1.29, 1.82) is 0 Å². The Kier molecular flexibility index (Phi) is 6.31. The standard InChI is InChI=1S/C19H20FN3O3S/c20-15-5-3-14(4-6-15)19(25)21-12-18(24)23-16-7-9-17(10-8-16)27(26)22-11-13-1-2-13/h3-10,13,22H,1-2,11-12H2,(H,21,25)(H,23,24). The minimum Gasteiger partial charge on any atom is -0.343 e. The van der Waals surface area contributed by atoms with Gasteiger partial charge in [0, 0.05) is 17.8 Å². The Morgan fingerprint density at radius 2 is 1.70 bits per heavy atom. The molecule has 142 valence electrons. The highest BCUT2D eigenvalue weighted by molar-refractivity contribution is 7.83. The van der Waals surface area contributed by atoms with Gasteiger partial charge >= 0.3 is 0 Å². The van der Waals surface area contributed by atoms with Crippen LogP contribution in [0.5, 0.6) is 0 Å². The maximum absolute atomic E-state index is 12.8. The number of rotatable bonds is 8. The number of carbonyl (C=O) groups is 2. The molecule has 3 rings (SSSR count). The Morgan fingerprint density at radius 3 is 2.33 bits per heavy atom. The van der Waals surface area contributed by atoms with Crippen LogP contribution in [-0.2, 0) is 15.8 Å². The van der Waals surface area contributed by atoms with Crippen LogP contribution in [0.2, 0.25) is 0 Å². The summed E-state index contributed by atoms with van der Waals surface area (Å²) in [5, 5.41) is 5.12. The molecule has 8 heteroatoms. The number of nitrogens with one attached hydrogen (secondary N) is 3. The van der Waals surface area contributed by atoms with Crippen molar-refractivity contribution in [3.63, 3.8) is 0 Å². The minimum absolute atomic E-state index is 0.215. The molecule has 0 saturated heterocycles. The maximum atomic E-state index is 12.8. The van der Waals surface area contributed by atoms with Crippen LogP contribution in [0, 0.1) is 11.7 Å². The van der Waals surface area contributed by atoms with Gasteiger partial charge in [-0.15, -0.1) is 0 Å². The molecule has 1 aliphatic rings. The van der Waals surface area contributed by atoms with E-state index in [-0.39, 0.29) is 12.1 Å². The molecule has 0 bridgehead atoms. The molecule has 1 aliphatic carbocycles. The van der Waals surface area contributed by atoms with Gasteiger partial charge in [-0.05, 0) is 67.3 Å². The molecule has 2 aromatic rings. The third-order valence-corrected chi connectivity index (χ3v) is 5.20. The number of halogens is 1. The van der Waals surface area contributed by atoms with Gasteiger partial charge in [-0.1, -0.05) is 0 Å². The average molecular weight is 389 g/mol. The monoisotopic (exact) mass is 389 g/mol. The SMILES string of the molecule is O=C(CNC(=O)c1ccc(F)cc1)Nc1ccc(S(=O)NCC2CC2)cc1. The second-order valence-corrected chi connectivity index (χ2v) is 7.62.